The van der Waals surface area contributed by atoms with Gasteiger partial charge < -0.3 is 9.47 Å². The van der Waals surface area contributed by atoms with Crippen LogP contribution >= 0.6 is 0 Å². The van der Waals surface area contributed by atoms with E-state index in [0.29, 0.717) is 11.7 Å². The molecule has 1 saturated heterocycles. The first kappa shape index (κ1) is 22.8. The SMILES string of the molecule is CC1C(Oc2cc(F)c(C(=O)OC(C)(C)C)cc2C2CC2)CCCN1Cc1ccccc1. The Morgan fingerprint density at radius 3 is 2.50 bits per heavy atom. The number of carbonyl (C=O) groups excluding carboxylic acids is 1. The van der Waals surface area contributed by atoms with Crippen molar-refractivity contribution in [3.63, 3.8) is 0 Å². The van der Waals surface area contributed by atoms with Crippen molar-refractivity contribution in [3.05, 3.63) is 65.0 Å². The highest BCUT2D eigenvalue weighted by atomic mass is 19.1. The Morgan fingerprint density at radius 1 is 1.12 bits per heavy atom. The van der Waals surface area contributed by atoms with Gasteiger partial charge in [0.05, 0.1) is 5.56 Å². The predicted octanol–water partition coefficient (Wildman–Crippen LogP) is 6.09. The number of nitrogens with zero attached hydrogens (tertiary/aromatic N) is 1. The lowest BCUT2D eigenvalue weighted by Gasteiger charge is -2.39. The molecular formula is C27H34FNO3. The molecule has 2 unspecified atom stereocenters. The van der Waals surface area contributed by atoms with Crippen LogP contribution in [0, 0.1) is 5.82 Å². The van der Waals surface area contributed by atoms with Crippen molar-refractivity contribution in [2.45, 2.75) is 83.6 Å². The Hall–Kier alpha value is -2.40. The van der Waals surface area contributed by atoms with Gasteiger partial charge in [-0.2, -0.15) is 0 Å². The van der Waals surface area contributed by atoms with E-state index < -0.39 is 17.4 Å². The van der Waals surface area contributed by atoms with Gasteiger partial charge in [-0.1, -0.05) is 30.3 Å². The van der Waals surface area contributed by atoms with Crippen molar-refractivity contribution in [2.24, 2.45) is 0 Å². The molecule has 2 aromatic rings. The molecule has 2 fully saturated rings. The second-order valence-corrected chi connectivity index (χ2v) is 10.1. The first-order chi connectivity index (χ1) is 15.2. The molecule has 2 aliphatic rings. The first-order valence-corrected chi connectivity index (χ1v) is 11.7. The highest BCUT2D eigenvalue weighted by molar-refractivity contribution is 5.90. The predicted molar refractivity (Wildman–Crippen MR) is 124 cm³/mol. The van der Waals surface area contributed by atoms with Crippen LogP contribution in [0.2, 0.25) is 0 Å². The van der Waals surface area contributed by atoms with E-state index >= 15 is 0 Å². The van der Waals surface area contributed by atoms with Gasteiger partial charge in [-0.25, -0.2) is 9.18 Å². The summed E-state index contributed by atoms with van der Waals surface area (Å²) < 4.78 is 26.8. The van der Waals surface area contributed by atoms with Gasteiger partial charge in [0.1, 0.15) is 23.3 Å². The summed E-state index contributed by atoms with van der Waals surface area (Å²) in [5.41, 5.74) is 1.54. The van der Waals surface area contributed by atoms with Crippen molar-refractivity contribution in [1.29, 1.82) is 0 Å². The number of hydrogen-bond acceptors (Lipinski definition) is 4. The molecule has 0 bridgehead atoms. The molecule has 1 aliphatic carbocycles. The number of ether oxygens (including phenoxy) is 2. The van der Waals surface area contributed by atoms with Crippen LogP contribution in [0.4, 0.5) is 4.39 Å². The molecule has 2 aromatic carbocycles. The maximum absolute atomic E-state index is 15.0. The third-order valence-electron chi connectivity index (χ3n) is 6.29. The standard InChI is InChI=1S/C27H34FNO3/c1-18-24(11-8-14-29(18)17-19-9-6-5-7-10-19)31-25-16-23(28)22(15-21(25)20-12-13-20)26(30)32-27(2,3)4/h5-7,9-10,15-16,18,20,24H,8,11-14,17H2,1-4H3. The summed E-state index contributed by atoms with van der Waals surface area (Å²) in [7, 11) is 0. The van der Waals surface area contributed by atoms with Crippen LogP contribution < -0.4 is 4.74 Å². The fraction of sp³-hybridized carbons (Fsp3) is 0.519. The summed E-state index contributed by atoms with van der Waals surface area (Å²) in [5, 5.41) is 0. The van der Waals surface area contributed by atoms with Gasteiger partial charge in [0.15, 0.2) is 0 Å². The number of hydrogen-bond donors (Lipinski definition) is 0. The zero-order valence-corrected chi connectivity index (χ0v) is 19.6. The Bertz CT molecular complexity index is 949. The molecule has 1 heterocycles. The number of halogens is 1. The number of piperidine rings is 1. The smallest absolute Gasteiger partial charge is 0.341 e. The molecule has 0 amide bonds. The highest BCUT2D eigenvalue weighted by Crippen LogP contribution is 2.46. The average molecular weight is 440 g/mol. The highest BCUT2D eigenvalue weighted by Gasteiger charge is 2.34. The van der Waals surface area contributed by atoms with Gasteiger partial charge in [-0.3, -0.25) is 4.90 Å². The summed E-state index contributed by atoms with van der Waals surface area (Å²) in [6.07, 6.45) is 4.04. The number of likely N-dealkylation sites (tertiary alicyclic amines) is 1. The topological polar surface area (TPSA) is 38.8 Å². The van der Waals surface area contributed by atoms with E-state index in [1.165, 1.54) is 11.6 Å². The van der Waals surface area contributed by atoms with E-state index in [1.807, 2.05) is 6.07 Å². The largest absolute Gasteiger partial charge is 0.488 e. The molecule has 0 aromatic heterocycles. The molecule has 2 atom stereocenters. The van der Waals surface area contributed by atoms with Gasteiger partial charge in [-0.05, 0) is 83.0 Å². The van der Waals surface area contributed by atoms with Gasteiger partial charge in [0, 0.05) is 18.7 Å². The fourth-order valence-corrected chi connectivity index (χ4v) is 4.41. The van der Waals surface area contributed by atoms with Crippen molar-refractivity contribution in [2.75, 3.05) is 6.54 Å². The van der Waals surface area contributed by atoms with E-state index in [2.05, 4.69) is 36.1 Å². The Morgan fingerprint density at radius 2 is 1.84 bits per heavy atom. The molecule has 1 aliphatic heterocycles. The quantitative estimate of drug-likeness (QED) is 0.511. The second kappa shape index (κ2) is 9.22. The third-order valence-corrected chi connectivity index (χ3v) is 6.29. The molecule has 172 valence electrons. The van der Waals surface area contributed by atoms with Gasteiger partial charge in [-0.15, -0.1) is 0 Å². The Kier molecular flexibility index (Phi) is 6.57. The maximum Gasteiger partial charge on any atom is 0.341 e. The molecule has 4 rings (SSSR count). The third kappa shape index (κ3) is 5.50. The molecular weight excluding hydrogens is 405 g/mol. The molecule has 4 nitrogen and oxygen atoms in total. The molecule has 1 saturated carbocycles. The van der Waals surface area contributed by atoms with E-state index in [0.717, 1.165) is 44.3 Å². The van der Waals surface area contributed by atoms with Gasteiger partial charge >= 0.3 is 5.97 Å². The average Bonchev–Trinajstić information content (AvgIpc) is 3.56. The summed E-state index contributed by atoms with van der Waals surface area (Å²) in [6.45, 7) is 9.45. The van der Waals surface area contributed by atoms with Crippen LogP contribution in [0.3, 0.4) is 0 Å². The molecule has 0 spiro atoms. The summed E-state index contributed by atoms with van der Waals surface area (Å²) in [4.78, 5) is 15.0. The Labute approximate surface area is 190 Å². The second-order valence-electron chi connectivity index (χ2n) is 10.1. The summed E-state index contributed by atoms with van der Waals surface area (Å²) in [6, 6.07) is 13.7. The maximum atomic E-state index is 15.0. The van der Waals surface area contributed by atoms with Crippen LogP contribution in [0.15, 0.2) is 42.5 Å². The van der Waals surface area contributed by atoms with Crippen molar-refractivity contribution >= 4 is 5.97 Å². The van der Waals surface area contributed by atoms with Crippen molar-refractivity contribution < 1.29 is 18.7 Å². The molecule has 0 radical (unpaired) electrons. The first-order valence-electron chi connectivity index (χ1n) is 11.7. The molecule has 5 heteroatoms. The Balaban J connectivity index is 1.53. The van der Waals surface area contributed by atoms with Crippen LogP contribution in [0.1, 0.15) is 80.8 Å². The number of carbonyl (C=O) groups is 1. The normalized spacial score (nSPS) is 21.9. The lowest BCUT2D eigenvalue weighted by Crippen LogP contribution is -2.48. The molecule has 32 heavy (non-hydrogen) atoms. The minimum Gasteiger partial charge on any atom is -0.488 e. The lowest BCUT2D eigenvalue weighted by atomic mass is 9.98. The number of benzene rings is 2. The van der Waals surface area contributed by atoms with Crippen molar-refractivity contribution in [1.82, 2.24) is 4.90 Å². The van der Waals surface area contributed by atoms with E-state index in [9.17, 15) is 9.18 Å². The van der Waals surface area contributed by atoms with Crippen LogP contribution in [-0.4, -0.2) is 35.2 Å². The van der Waals surface area contributed by atoms with E-state index in [4.69, 9.17) is 9.47 Å². The summed E-state index contributed by atoms with van der Waals surface area (Å²) in [5.74, 6) is -0.298. The van der Waals surface area contributed by atoms with E-state index in [1.54, 1.807) is 26.8 Å². The fourth-order valence-electron chi connectivity index (χ4n) is 4.41. The monoisotopic (exact) mass is 439 g/mol. The zero-order chi connectivity index (χ0) is 22.9. The van der Waals surface area contributed by atoms with Crippen molar-refractivity contribution in [3.8, 4) is 5.75 Å². The molecule has 0 N–H and O–H groups in total. The zero-order valence-electron chi connectivity index (χ0n) is 19.6. The van der Waals surface area contributed by atoms with Gasteiger partial charge in [0.25, 0.3) is 0 Å². The van der Waals surface area contributed by atoms with Gasteiger partial charge in [0.2, 0.25) is 0 Å². The van der Waals surface area contributed by atoms with Crippen LogP contribution in [0.5, 0.6) is 5.75 Å². The van der Waals surface area contributed by atoms with Crippen LogP contribution in [-0.2, 0) is 11.3 Å². The summed E-state index contributed by atoms with van der Waals surface area (Å²) >= 11 is 0. The minimum atomic E-state index is -0.668. The number of esters is 1. The van der Waals surface area contributed by atoms with E-state index in [-0.39, 0.29) is 17.7 Å². The minimum absolute atomic E-state index is 0.00317. The lowest BCUT2D eigenvalue weighted by molar-refractivity contribution is 0.00641. The number of rotatable bonds is 6. The van der Waals surface area contributed by atoms with Crippen LogP contribution in [0.25, 0.3) is 0 Å².